The van der Waals surface area contributed by atoms with Crippen molar-refractivity contribution < 1.29 is 14.3 Å². The molecule has 0 atom stereocenters. The van der Waals surface area contributed by atoms with Crippen LogP contribution in [0.2, 0.25) is 0 Å². The minimum Gasteiger partial charge on any atom is -0.464 e. The molecular weight excluding hydrogens is 380 g/mol. The number of carbonyl (C=O) groups is 2. The number of amides is 1. The highest BCUT2D eigenvalue weighted by Crippen LogP contribution is 2.29. The molecule has 0 radical (unpaired) electrons. The molecule has 7 nitrogen and oxygen atoms in total. The highest BCUT2D eigenvalue weighted by atomic mass is 16.5. The average molecular weight is 413 g/mol. The second-order valence-corrected chi connectivity index (χ2v) is 8.57. The Morgan fingerprint density at radius 3 is 2.57 bits per heavy atom. The van der Waals surface area contributed by atoms with Crippen LogP contribution in [0, 0.1) is 6.92 Å². The van der Waals surface area contributed by atoms with Gasteiger partial charge in [0, 0.05) is 43.1 Å². The van der Waals surface area contributed by atoms with E-state index >= 15 is 0 Å². The molecule has 1 aromatic heterocycles. The summed E-state index contributed by atoms with van der Waals surface area (Å²) in [5.74, 6) is -0.590. The van der Waals surface area contributed by atoms with Crippen LogP contribution in [0.15, 0.2) is 18.2 Å². The minimum absolute atomic E-state index is 0.104. The van der Waals surface area contributed by atoms with Gasteiger partial charge in [-0.25, -0.2) is 4.79 Å². The highest BCUT2D eigenvalue weighted by Gasteiger charge is 2.26. The molecule has 30 heavy (non-hydrogen) atoms. The van der Waals surface area contributed by atoms with Crippen molar-refractivity contribution in [3.05, 3.63) is 29.5 Å². The van der Waals surface area contributed by atoms with Crippen LogP contribution in [-0.4, -0.2) is 72.5 Å². The summed E-state index contributed by atoms with van der Waals surface area (Å²) in [5.41, 5.74) is 2.68. The number of anilines is 1. The van der Waals surface area contributed by atoms with Crippen molar-refractivity contribution in [2.45, 2.75) is 45.1 Å². The number of methoxy groups -OCH3 is 1. The lowest BCUT2D eigenvalue weighted by Crippen LogP contribution is -2.52. The highest BCUT2D eigenvalue weighted by molar-refractivity contribution is 6.11. The molecule has 1 saturated heterocycles. The number of rotatable bonds is 5. The molecular formula is C23H32N4O3. The van der Waals surface area contributed by atoms with Crippen molar-refractivity contribution in [3.63, 3.8) is 0 Å². The first-order chi connectivity index (χ1) is 14.5. The molecule has 0 spiro atoms. The molecule has 1 amide bonds. The van der Waals surface area contributed by atoms with Gasteiger partial charge >= 0.3 is 5.97 Å². The maximum atomic E-state index is 12.8. The van der Waals surface area contributed by atoms with Crippen LogP contribution in [0.3, 0.4) is 0 Å². The Hall–Kier alpha value is -2.38. The third-order valence-electron chi connectivity index (χ3n) is 6.47. The first-order valence-corrected chi connectivity index (χ1v) is 11.0. The average Bonchev–Trinajstić information content (AvgIpc) is 3.11. The van der Waals surface area contributed by atoms with Crippen molar-refractivity contribution in [2.24, 2.45) is 0 Å². The molecule has 1 aliphatic heterocycles. The SMILES string of the molecule is COC(=O)c1[nH]c2cc(C)ccc2c1NC(=O)CN1CCN(C2CCCCC2)CC1. The molecule has 2 fully saturated rings. The Morgan fingerprint density at radius 2 is 1.87 bits per heavy atom. The number of ether oxygens (including phenoxy) is 1. The Bertz CT molecular complexity index is 909. The maximum absolute atomic E-state index is 12.8. The second kappa shape index (κ2) is 9.18. The van der Waals surface area contributed by atoms with Gasteiger partial charge in [0.1, 0.15) is 5.69 Å². The number of aryl methyl sites for hydroxylation is 1. The standard InChI is InChI=1S/C23H32N4O3/c1-16-8-9-18-19(14-16)24-22(23(29)30-2)21(18)25-20(28)15-26-10-12-27(13-11-26)17-6-4-3-5-7-17/h8-9,14,17,24H,3-7,10-13,15H2,1-2H3,(H,25,28). The van der Waals surface area contributed by atoms with Gasteiger partial charge in [-0.05, 0) is 31.4 Å². The third-order valence-corrected chi connectivity index (χ3v) is 6.47. The number of aromatic amines is 1. The topological polar surface area (TPSA) is 77.7 Å². The Kier molecular flexibility index (Phi) is 6.39. The van der Waals surface area contributed by atoms with E-state index in [0.29, 0.717) is 12.2 Å². The zero-order chi connectivity index (χ0) is 21.1. The van der Waals surface area contributed by atoms with Crippen molar-refractivity contribution in [1.29, 1.82) is 0 Å². The number of fused-ring (bicyclic) bond motifs is 1. The van der Waals surface area contributed by atoms with Crippen molar-refractivity contribution in [1.82, 2.24) is 14.8 Å². The van der Waals surface area contributed by atoms with Gasteiger partial charge in [-0.3, -0.25) is 14.6 Å². The van der Waals surface area contributed by atoms with Crippen LogP contribution in [-0.2, 0) is 9.53 Å². The fourth-order valence-corrected chi connectivity index (χ4v) is 4.81. The van der Waals surface area contributed by atoms with Crippen LogP contribution in [0.25, 0.3) is 10.9 Å². The second-order valence-electron chi connectivity index (χ2n) is 8.57. The molecule has 2 N–H and O–H groups in total. The number of hydrogen-bond acceptors (Lipinski definition) is 5. The number of nitrogens with one attached hydrogen (secondary N) is 2. The summed E-state index contributed by atoms with van der Waals surface area (Å²) in [4.78, 5) is 32.9. The first-order valence-electron chi connectivity index (χ1n) is 11.0. The largest absolute Gasteiger partial charge is 0.464 e. The summed E-state index contributed by atoms with van der Waals surface area (Å²) < 4.78 is 4.90. The maximum Gasteiger partial charge on any atom is 0.356 e. The molecule has 0 bridgehead atoms. The lowest BCUT2D eigenvalue weighted by molar-refractivity contribution is -0.117. The summed E-state index contributed by atoms with van der Waals surface area (Å²) >= 11 is 0. The van der Waals surface area contributed by atoms with E-state index in [-0.39, 0.29) is 11.6 Å². The molecule has 1 aromatic carbocycles. The Morgan fingerprint density at radius 1 is 1.13 bits per heavy atom. The quantitative estimate of drug-likeness (QED) is 0.738. The van der Waals surface area contributed by atoms with Crippen LogP contribution >= 0.6 is 0 Å². The molecule has 162 valence electrons. The van der Waals surface area contributed by atoms with Gasteiger partial charge < -0.3 is 15.0 Å². The van der Waals surface area contributed by atoms with Gasteiger partial charge in [0.25, 0.3) is 0 Å². The first kappa shape index (κ1) is 20.9. The summed E-state index contributed by atoms with van der Waals surface area (Å²) in [7, 11) is 1.34. The summed E-state index contributed by atoms with van der Waals surface area (Å²) in [5, 5.41) is 3.78. The molecule has 2 aromatic rings. The number of nitrogens with zero attached hydrogens (tertiary/aromatic N) is 2. The van der Waals surface area contributed by atoms with Gasteiger partial charge in [-0.15, -0.1) is 0 Å². The predicted molar refractivity (Wildman–Crippen MR) is 118 cm³/mol. The van der Waals surface area contributed by atoms with Gasteiger partial charge in [-0.1, -0.05) is 31.4 Å². The predicted octanol–water partition coefficient (Wildman–Crippen LogP) is 3.15. The molecule has 2 aliphatic rings. The monoisotopic (exact) mass is 412 g/mol. The van der Waals surface area contributed by atoms with E-state index in [1.54, 1.807) is 0 Å². The third kappa shape index (κ3) is 4.52. The van der Waals surface area contributed by atoms with Crippen LogP contribution < -0.4 is 5.32 Å². The normalized spacial score (nSPS) is 19.1. The molecule has 0 unspecified atom stereocenters. The van der Waals surface area contributed by atoms with Crippen molar-refractivity contribution >= 4 is 28.5 Å². The minimum atomic E-state index is -0.486. The molecule has 4 rings (SSSR count). The van der Waals surface area contributed by atoms with E-state index in [1.807, 2.05) is 25.1 Å². The van der Waals surface area contributed by atoms with Crippen molar-refractivity contribution in [2.75, 3.05) is 45.2 Å². The number of H-pyrrole nitrogens is 1. The lowest BCUT2D eigenvalue weighted by Gasteiger charge is -2.40. The number of piperazine rings is 1. The molecule has 1 aliphatic carbocycles. The fourth-order valence-electron chi connectivity index (χ4n) is 4.81. The van der Waals surface area contributed by atoms with E-state index in [4.69, 9.17) is 4.74 Å². The van der Waals surface area contributed by atoms with E-state index in [1.165, 1.54) is 39.2 Å². The van der Waals surface area contributed by atoms with Crippen molar-refractivity contribution in [3.8, 4) is 0 Å². The van der Waals surface area contributed by atoms with E-state index in [2.05, 4.69) is 20.1 Å². The van der Waals surface area contributed by atoms with Gasteiger partial charge in [0.05, 0.1) is 19.3 Å². The number of hydrogen-bond donors (Lipinski definition) is 2. The molecule has 2 heterocycles. The number of esters is 1. The Labute approximate surface area is 177 Å². The number of benzene rings is 1. The summed E-state index contributed by atoms with van der Waals surface area (Å²) in [6.07, 6.45) is 6.70. The van der Waals surface area contributed by atoms with Crippen LogP contribution in [0.4, 0.5) is 5.69 Å². The summed E-state index contributed by atoms with van der Waals surface area (Å²) in [6.45, 7) is 6.18. The van der Waals surface area contributed by atoms with Crippen LogP contribution in [0.5, 0.6) is 0 Å². The number of carbonyl (C=O) groups excluding carboxylic acids is 2. The molecule has 1 saturated carbocycles. The fraction of sp³-hybridized carbons (Fsp3) is 0.565. The lowest BCUT2D eigenvalue weighted by atomic mass is 9.94. The Balaban J connectivity index is 1.39. The molecule has 7 heteroatoms. The summed E-state index contributed by atoms with van der Waals surface area (Å²) in [6, 6.07) is 6.58. The van der Waals surface area contributed by atoms with E-state index < -0.39 is 5.97 Å². The van der Waals surface area contributed by atoms with E-state index in [0.717, 1.165) is 48.7 Å². The van der Waals surface area contributed by atoms with Crippen LogP contribution in [0.1, 0.15) is 48.2 Å². The zero-order valence-electron chi connectivity index (χ0n) is 18.0. The van der Waals surface area contributed by atoms with E-state index in [9.17, 15) is 9.59 Å². The zero-order valence-corrected chi connectivity index (χ0v) is 18.0. The van der Waals surface area contributed by atoms with Gasteiger partial charge in [-0.2, -0.15) is 0 Å². The number of aromatic nitrogens is 1. The van der Waals surface area contributed by atoms with Gasteiger partial charge in [0.2, 0.25) is 5.91 Å². The van der Waals surface area contributed by atoms with Gasteiger partial charge in [0.15, 0.2) is 0 Å². The smallest absolute Gasteiger partial charge is 0.356 e.